The van der Waals surface area contributed by atoms with Gasteiger partial charge < -0.3 is 14.3 Å². The number of hydrogen-bond acceptors (Lipinski definition) is 5. The highest BCUT2D eigenvalue weighted by molar-refractivity contribution is 7.13. The Morgan fingerprint density at radius 2 is 2.44 bits per heavy atom. The van der Waals surface area contributed by atoms with E-state index in [0.717, 1.165) is 4.88 Å². The molecule has 96 valence electrons. The van der Waals surface area contributed by atoms with Gasteiger partial charge in [0.25, 0.3) is 0 Å². The number of carbonyl (C=O) groups is 1. The second-order valence-electron chi connectivity index (χ2n) is 3.79. The fourth-order valence-electron chi connectivity index (χ4n) is 1.34. The normalized spacial score (nSPS) is 12.6. The van der Waals surface area contributed by atoms with Crippen LogP contribution >= 0.6 is 11.3 Å². The molecule has 2 rings (SSSR count). The Kier molecular flexibility index (Phi) is 3.78. The minimum absolute atomic E-state index is 0.133. The highest BCUT2D eigenvalue weighted by atomic mass is 32.1. The van der Waals surface area contributed by atoms with Crippen molar-refractivity contribution in [1.29, 1.82) is 0 Å². The van der Waals surface area contributed by atoms with Crippen LogP contribution in [0.25, 0.3) is 10.8 Å². The maximum atomic E-state index is 10.6. The first kappa shape index (κ1) is 12.8. The molecule has 2 aromatic heterocycles. The predicted octanol–water partition coefficient (Wildman–Crippen LogP) is 2.70. The van der Waals surface area contributed by atoms with Crippen LogP contribution in [0.5, 0.6) is 0 Å². The first-order valence-corrected chi connectivity index (χ1v) is 6.30. The van der Waals surface area contributed by atoms with Crippen LogP contribution in [0.4, 0.5) is 0 Å². The number of aliphatic carboxylic acids is 1. The molecule has 0 saturated carbocycles. The SMILES string of the molecule is Cc1oc(-c2cccs2)nc1CO[C@@H](C)C(=O)O. The number of ether oxygens (including phenoxy) is 1. The summed E-state index contributed by atoms with van der Waals surface area (Å²) in [5.41, 5.74) is 0.631. The molecule has 0 unspecified atom stereocenters. The van der Waals surface area contributed by atoms with Crippen molar-refractivity contribution in [1.82, 2.24) is 4.98 Å². The lowest BCUT2D eigenvalue weighted by Crippen LogP contribution is -2.19. The van der Waals surface area contributed by atoms with Crippen LogP contribution in [0.3, 0.4) is 0 Å². The molecule has 1 N–H and O–H groups in total. The molecule has 0 aromatic carbocycles. The molecule has 1 atom stereocenters. The number of aromatic nitrogens is 1. The molecule has 0 spiro atoms. The highest BCUT2D eigenvalue weighted by Crippen LogP contribution is 2.26. The van der Waals surface area contributed by atoms with Crippen molar-refractivity contribution in [2.45, 2.75) is 26.6 Å². The molecule has 0 saturated heterocycles. The number of rotatable bonds is 5. The molecular weight excluding hydrogens is 254 g/mol. The van der Waals surface area contributed by atoms with Gasteiger partial charge in [0.05, 0.1) is 11.5 Å². The lowest BCUT2D eigenvalue weighted by Gasteiger charge is -2.06. The molecule has 0 aliphatic rings. The zero-order chi connectivity index (χ0) is 13.1. The standard InChI is InChI=1S/C12H13NO4S/c1-7-9(6-16-8(2)12(14)15)13-11(17-7)10-4-3-5-18-10/h3-5,8H,6H2,1-2H3,(H,14,15)/t8-/m0/s1. The Bertz CT molecular complexity index is 532. The average Bonchev–Trinajstić information content (AvgIpc) is 2.94. The van der Waals surface area contributed by atoms with Crippen LogP contribution in [-0.2, 0) is 16.1 Å². The molecule has 0 amide bonds. The summed E-state index contributed by atoms with van der Waals surface area (Å²) in [7, 11) is 0. The number of thiophene rings is 1. The lowest BCUT2D eigenvalue weighted by atomic mass is 10.3. The second kappa shape index (κ2) is 5.32. The number of oxazole rings is 1. The quantitative estimate of drug-likeness (QED) is 0.901. The van der Waals surface area contributed by atoms with Crippen LogP contribution in [0, 0.1) is 6.92 Å². The number of nitrogens with zero attached hydrogens (tertiary/aromatic N) is 1. The van der Waals surface area contributed by atoms with Gasteiger partial charge in [-0.3, -0.25) is 0 Å². The van der Waals surface area contributed by atoms with E-state index in [-0.39, 0.29) is 6.61 Å². The minimum atomic E-state index is -0.991. The van der Waals surface area contributed by atoms with E-state index in [1.54, 1.807) is 6.92 Å². The minimum Gasteiger partial charge on any atom is -0.479 e. The Hall–Kier alpha value is -1.66. The monoisotopic (exact) mass is 267 g/mol. The van der Waals surface area contributed by atoms with Crippen LogP contribution in [0.15, 0.2) is 21.9 Å². The Morgan fingerprint density at radius 1 is 1.67 bits per heavy atom. The van der Waals surface area contributed by atoms with Gasteiger partial charge in [0.1, 0.15) is 11.5 Å². The van der Waals surface area contributed by atoms with Gasteiger partial charge in [-0.15, -0.1) is 11.3 Å². The van der Waals surface area contributed by atoms with Crippen LogP contribution in [0.2, 0.25) is 0 Å². The smallest absolute Gasteiger partial charge is 0.332 e. The first-order valence-electron chi connectivity index (χ1n) is 5.42. The van der Waals surface area contributed by atoms with Gasteiger partial charge in [-0.1, -0.05) is 6.07 Å². The fraction of sp³-hybridized carbons (Fsp3) is 0.333. The summed E-state index contributed by atoms with van der Waals surface area (Å²) >= 11 is 1.54. The van der Waals surface area contributed by atoms with E-state index in [1.807, 2.05) is 17.5 Å². The third kappa shape index (κ3) is 2.77. The van der Waals surface area contributed by atoms with E-state index in [9.17, 15) is 4.79 Å². The van der Waals surface area contributed by atoms with Crippen LogP contribution in [0.1, 0.15) is 18.4 Å². The van der Waals surface area contributed by atoms with Crippen molar-refractivity contribution in [3.8, 4) is 10.8 Å². The summed E-state index contributed by atoms with van der Waals surface area (Å²) < 4.78 is 10.7. The molecule has 0 bridgehead atoms. The van der Waals surface area contributed by atoms with Gasteiger partial charge >= 0.3 is 5.97 Å². The van der Waals surface area contributed by atoms with E-state index in [4.69, 9.17) is 14.3 Å². The number of carboxylic acids is 1. The van der Waals surface area contributed by atoms with Gasteiger partial charge in [-0.25, -0.2) is 9.78 Å². The summed E-state index contributed by atoms with van der Waals surface area (Å²) in [4.78, 5) is 15.9. The van der Waals surface area contributed by atoms with Crippen molar-refractivity contribution in [2.75, 3.05) is 0 Å². The summed E-state index contributed by atoms with van der Waals surface area (Å²) in [6.07, 6.45) is -0.855. The molecule has 18 heavy (non-hydrogen) atoms. The average molecular weight is 267 g/mol. The van der Waals surface area contributed by atoms with Gasteiger partial charge in [0.15, 0.2) is 6.10 Å². The molecule has 0 radical (unpaired) electrons. The fourth-order valence-corrected chi connectivity index (χ4v) is 1.99. The van der Waals surface area contributed by atoms with E-state index in [1.165, 1.54) is 18.3 Å². The van der Waals surface area contributed by atoms with Crippen LogP contribution < -0.4 is 0 Å². The zero-order valence-electron chi connectivity index (χ0n) is 10.0. The van der Waals surface area contributed by atoms with E-state index in [0.29, 0.717) is 17.3 Å². The van der Waals surface area contributed by atoms with Crippen molar-refractivity contribution < 1.29 is 19.1 Å². The first-order chi connectivity index (χ1) is 8.58. The third-order valence-corrected chi connectivity index (χ3v) is 3.30. The molecule has 0 aliphatic carbocycles. The number of hydrogen-bond donors (Lipinski definition) is 1. The third-order valence-electron chi connectivity index (χ3n) is 2.44. The van der Waals surface area contributed by atoms with E-state index < -0.39 is 12.1 Å². The summed E-state index contributed by atoms with van der Waals surface area (Å²) in [5, 5.41) is 10.7. The summed E-state index contributed by atoms with van der Waals surface area (Å²) in [6, 6.07) is 3.84. The molecular formula is C12H13NO4S. The van der Waals surface area contributed by atoms with Crippen molar-refractivity contribution >= 4 is 17.3 Å². The van der Waals surface area contributed by atoms with E-state index in [2.05, 4.69) is 4.98 Å². The van der Waals surface area contributed by atoms with Gasteiger partial charge in [0, 0.05) is 0 Å². The van der Waals surface area contributed by atoms with Gasteiger partial charge in [-0.2, -0.15) is 0 Å². The van der Waals surface area contributed by atoms with Gasteiger partial charge in [0.2, 0.25) is 5.89 Å². The summed E-state index contributed by atoms with van der Waals surface area (Å²) in [6.45, 7) is 3.40. The number of carboxylic acid groups (broad SMARTS) is 1. The molecule has 0 fully saturated rings. The Labute approximate surface area is 108 Å². The highest BCUT2D eigenvalue weighted by Gasteiger charge is 2.16. The zero-order valence-corrected chi connectivity index (χ0v) is 10.9. The molecule has 2 aromatic rings. The topological polar surface area (TPSA) is 72.6 Å². The maximum absolute atomic E-state index is 10.6. The summed E-state index contributed by atoms with van der Waals surface area (Å²) in [5.74, 6) is 0.203. The number of aryl methyl sites for hydroxylation is 1. The van der Waals surface area contributed by atoms with Crippen LogP contribution in [-0.4, -0.2) is 22.2 Å². The van der Waals surface area contributed by atoms with Crippen molar-refractivity contribution in [3.05, 3.63) is 29.0 Å². The molecule has 6 heteroatoms. The Morgan fingerprint density at radius 3 is 3.06 bits per heavy atom. The maximum Gasteiger partial charge on any atom is 0.332 e. The van der Waals surface area contributed by atoms with Crippen molar-refractivity contribution in [3.63, 3.8) is 0 Å². The molecule has 2 heterocycles. The Balaban J connectivity index is 2.08. The molecule has 0 aliphatic heterocycles. The van der Waals surface area contributed by atoms with Crippen molar-refractivity contribution in [2.24, 2.45) is 0 Å². The largest absolute Gasteiger partial charge is 0.479 e. The lowest BCUT2D eigenvalue weighted by molar-refractivity contribution is -0.149. The second-order valence-corrected chi connectivity index (χ2v) is 4.74. The molecule has 5 nitrogen and oxygen atoms in total. The predicted molar refractivity (Wildman–Crippen MR) is 66.4 cm³/mol. The van der Waals surface area contributed by atoms with E-state index >= 15 is 0 Å². The van der Waals surface area contributed by atoms with Gasteiger partial charge in [-0.05, 0) is 25.3 Å².